The van der Waals surface area contributed by atoms with E-state index in [9.17, 15) is 4.79 Å². The van der Waals surface area contributed by atoms with Gasteiger partial charge in [-0.25, -0.2) is 4.68 Å². The van der Waals surface area contributed by atoms with Gasteiger partial charge in [0.2, 0.25) is 5.91 Å². The predicted octanol–water partition coefficient (Wildman–Crippen LogP) is 3.32. The van der Waals surface area contributed by atoms with Gasteiger partial charge in [0.25, 0.3) is 0 Å². The number of amides is 1. The van der Waals surface area contributed by atoms with Crippen molar-refractivity contribution in [1.82, 2.24) is 9.78 Å². The minimum absolute atomic E-state index is 0.0524. The average Bonchev–Trinajstić information content (AvgIpc) is 3.25. The van der Waals surface area contributed by atoms with Crippen LogP contribution in [0, 0.1) is 0 Å². The van der Waals surface area contributed by atoms with E-state index in [4.69, 9.17) is 4.42 Å². The highest BCUT2D eigenvalue weighted by molar-refractivity contribution is 5.95. The lowest BCUT2D eigenvalue weighted by Crippen LogP contribution is -2.17. The van der Waals surface area contributed by atoms with Gasteiger partial charge in [-0.3, -0.25) is 4.79 Å². The molecule has 0 radical (unpaired) electrons. The number of carbonyl (C=O) groups excluding carboxylic acids is 1. The molecule has 5 heteroatoms. The van der Waals surface area contributed by atoms with Crippen molar-refractivity contribution in [1.29, 1.82) is 0 Å². The van der Waals surface area contributed by atoms with Crippen LogP contribution in [0.3, 0.4) is 0 Å². The first-order chi connectivity index (χ1) is 11.2. The molecule has 1 aromatic carbocycles. The summed E-state index contributed by atoms with van der Waals surface area (Å²) in [5.74, 6) is 0.676. The standard InChI is InChI=1S/C18H19N3O2/c1-2-21-17(6-7-19-21)20-18(22)10-14-11-23-16-9-13-5-3-4-12(13)8-15(14)16/h6-9,11H,2-5,10H2,1H3,(H,20,22). The maximum absolute atomic E-state index is 12.3. The van der Waals surface area contributed by atoms with Crippen molar-refractivity contribution in [2.24, 2.45) is 0 Å². The number of carbonyl (C=O) groups is 1. The molecular formula is C18H19N3O2. The molecule has 0 aliphatic heterocycles. The van der Waals surface area contributed by atoms with E-state index in [1.807, 2.05) is 13.0 Å². The van der Waals surface area contributed by atoms with E-state index in [2.05, 4.69) is 22.5 Å². The first kappa shape index (κ1) is 14.1. The molecule has 2 aromatic heterocycles. The van der Waals surface area contributed by atoms with Crippen molar-refractivity contribution in [2.45, 2.75) is 39.2 Å². The zero-order valence-electron chi connectivity index (χ0n) is 13.1. The molecule has 4 rings (SSSR count). The van der Waals surface area contributed by atoms with E-state index in [0.29, 0.717) is 6.42 Å². The molecule has 23 heavy (non-hydrogen) atoms. The molecule has 1 aliphatic carbocycles. The molecule has 118 valence electrons. The third-order valence-corrected chi connectivity index (χ3v) is 4.50. The van der Waals surface area contributed by atoms with Gasteiger partial charge in [0.1, 0.15) is 11.4 Å². The Morgan fingerprint density at radius 3 is 3.00 bits per heavy atom. The van der Waals surface area contributed by atoms with Crippen LogP contribution in [0.1, 0.15) is 30.0 Å². The summed E-state index contributed by atoms with van der Waals surface area (Å²) < 4.78 is 7.42. The van der Waals surface area contributed by atoms with Gasteiger partial charge < -0.3 is 9.73 Å². The van der Waals surface area contributed by atoms with E-state index in [1.165, 1.54) is 17.5 Å². The number of fused-ring (bicyclic) bond motifs is 2. The first-order valence-corrected chi connectivity index (χ1v) is 8.08. The van der Waals surface area contributed by atoms with Crippen molar-refractivity contribution < 1.29 is 9.21 Å². The number of aryl methyl sites for hydroxylation is 3. The highest BCUT2D eigenvalue weighted by atomic mass is 16.3. The lowest BCUT2D eigenvalue weighted by Gasteiger charge is -2.06. The second kappa shape index (κ2) is 5.57. The topological polar surface area (TPSA) is 60.1 Å². The molecule has 1 amide bonds. The van der Waals surface area contributed by atoms with Crippen LogP contribution < -0.4 is 5.32 Å². The quantitative estimate of drug-likeness (QED) is 0.804. The van der Waals surface area contributed by atoms with Gasteiger partial charge >= 0.3 is 0 Å². The SMILES string of the molecule is CCn1nccc1NC(=O)Cc1coc2cc3c(cc12)CCC3. The Morgan fingerprint density at radius 2 is 2.17 bits per heavy atom. The molecule has 0 bridgehead atoms. The molecule has 0 unspecified atom stereocenters. The Morgan fingerprint density at radius 1 is 1.35 bits per heavy atom. The summed E-state index contributed by atoms with van der Waals surface area (Å²) in [6.07, 6.45) is 7.16. The average molecular weight is 309 g/mol. The molecule has 3 aromatic rings. The maximum Gasteiger partial charge on any atom is 0.230 e. The number of nitrogens with zero attached hydrogens (tertiary/aromatic N) is 2. The van der Waals surface area contributed by atoms with Crippen LogP contribution in [0.15, 0.2) is 35.1 Å². The summed E-state index contributed by atoms with van der Waals surface area (Å²) in [5, 5.41) is 8.13. The molecule has 1 N–H and O–H groups in total. The Balaban J connectivity index is 1.57. The molecule has 1 aliphatic rings. The summed E-state index contributed by atoms with van der Waals surface area (Å²) in [6.45, 7) is 2.72. The second-order valence-corrected chi connectivity index (χ2v) is 5.99. The largest absolute Gasteiger partial charge is 0.464 e. The molecular weight excluding hydrogens is 290 g/mol. The number of nitrogens with one attached hydrogen (secondary N) is 1. The number of aromatic nitrogens is 2. The van der Waals surface area contributed by atoms with Crippen molar-refractivity contribution >= 4 is 22.7 Å². The normalized spacial score (nSPS) is 13.4. The summed E-state index contributed by atoms with van der Waals surface area (Å²) in [4.78, 5) is 12.3. The van der Waals surface area contributed by atoms with Gasteiger partial charge in [-0.05, 0) is 49.4 Å². The number of furan rings is 1. The lowest BCUT2D eigenvalue weighted by molar-refractivity contribution is -0.115. The van der Waals surface area contributed by atoms with E-state index < -0.39 is 0 Å². The predicted molar refractivity (Wildman–Crippen MR) is 88.5 cm³/mol. The van der Waals surface area contributed by atoms with E-state index in [-0.39, 0.29) is 5.91 Å². The fourth-order valence-electron chi connectivity index (χ4n) is 3.34. The third kappa shape index (κ3) is 2.52. The van der Waals surface area contributed by atoms with Gasteiger partial charge in [-0.1, -0.05) is 0 Å². The molecule has 0 saturated heterocycles. The fourth-order valence-corrected chi connectivity index (χ4v) is 3.34. The van der Waals surface area contributed by atoms with Crippen molar-refractivity contribution in [3.63, 3.8) is 0 Å². The van der Waals surface area contributed by atoms with Crippen LogP contribution in [0.4, 0.5) is 5.82 Å². The number of hydrogen-bond acceptors (Lipinski definition) is 3. The molecule has 0 saturated carbocycles. The van der Waals surface area contributed by atoms with E-state index in [0.717, 1.165) is 41.7 Å². The Labute approximate surface area is 134 Å². The molecule has 0 fully saturated rings. The summed E-state index contributed by atoms with van der Waals surface area (Å²) in [5.41, 5.74) is 4.60. The van der Waals surface area contributed by atoms with Crippen molar-refractivity contribution in [2.75, 3.05) is 5.32 Å². The van der Waals surface area contributed by atoms with Crippen LogP contribution in [0.25, 0.3) is 11.0 Å². The van der Waals surface area contributed by atoms with E-state index in [1.54, 1.807) is 17.1 Å². The minimum Gasteiger partial charge on any atom is -0.464 e. The van der Waals surface area contributed by atoms with Crippen molar-refractivity contribution in [3.05, 3.63) is 47.3 Å². The Hall–Kier alpha value is -2.56. The number of hydrogen-bond donors (Lipinski definition) is 1. The van der Waals surface area contributed by atoms with Crippen molar-refractivity contribution in [3.8, 4) is 0 Å². The molecule has 0 spiro atoms. The summed E-state index contributed by atoms with van der Waals surface area (Å²) >= 11 is 0. The van der Waals surface area contributed by atoms with E-state index >= 15 is 0 Å². The number of rotatable bonds is 4. The van der Waals surface area contributed by atoms with Crippen LogP contribution in [0.5, 0.6) is 0 Å². The van der Waals surface area contributed by atoms with Gasteiger partial charge in [0.05, 0.1) is 18.9 Å². The lowest BCUT2D eigenvalue weighted by atomic mass is 10.0. The highest BCUT2D eigenvalue weighted by Gasteiger charge is 2.17. The molecule has 5 nitrogen and oxygen atoms in total. The van der Waals surface area contributed by atoms with Gasteiger partial charge in [0.15, 0.2) is 0 Å². The second-order valence-electron chi connectivity index (χ2n) is 5.99. The first-order valence-electron chi connectivity index (χ1n) is 8.08. The smallest absolute Gasteiger partial charge is 0.230 e. The fraction of sp³-hybridized carbons (Fsp3) is 0.333. The van der Waals surface area contributed by atoms with Crippen LogP contribution in [0.2, 0.25) is 0 Å². The molecule has 0 atom stereocenters. The zero-order valence-corrected chi connectivity index (χ0v) is 13.1. The summed E-state index contributed by atoms with van der Waals surface area (Å²) in [6, 6.07) is 6.13. The summed E-state index contributed by atoms with van der Waals surface area (Å²) in [7, 11) is 0. The van der Waals surface area contributed by atoms with Crippen LogP contribution in [-0.2, 0) is 30.6 Å². The monoisotopic (exact) mass is 309 g/mol. The minimum atomic E-state index is -0.0524. The number of anilines is 1. The van der Waals surface area contributed by atoms with Crippen LogP contribution >= 0.6 is 0 Å². The van der Waals surface area contributed by atoms with Crippen LogP contribution in [-0.4, -0.2) is 15.7 Å². The Bertz CT molecular complexity index is 876. The Kier molecular flexibility index (Phi) is 3.41. The van der Waals surface area contributed by atoms with Gasteiger partial charge in [-0.2, -0.15) is 5.10 Å². The molecule has 2 heterocycles. The zero-order chi connectivity index (χ0) is 15.8. The number of benzene rings is 1. The van der Waals surface area contributed by atoms with Gasteiger partial charge in [0, 0.05) is 23.6 Å². The maximum atomic E-state index is 12.3. The highest BCUT2D eigenvalue weighted by Crippen LogP contribution is 2.30. The van der Waals surface area contributed by atoms with Gasteiger partial charge in [-0.15, -0.1) is 0 Å². The third-order valence-electron chi connectivity index (χ3n) is 4.50.